The van der Waals surface area contributed by atoms with E-state index in [0.717, 1.165) is 31.9 Å². The number of hydrogen-bond donors (Lipinski definition) is 2. The second-order valence-electron chi connectivity index (χ2n) is 10.6. The van der Waals surface area contributed by atoms with Crippen molar-refractivity contribution in [1.82, 2.24) is 14.9 Å². The number of nitrogens with one attached hydrogen (secondary N) is 2. The number of amides is 1. The van der Waals surface area contributed by atoms with Crippen molar-refractivity contribution >= 4 is 38.9 Å². The zero-order valence-corrected chi connectivity index (χ0v) is 22.1. The van der Waals surface area contributed by atoms with Gasteiger partial charge in [0.25, 0.3) is 0 Å². The number of hydrogen-bond acceptors (Lipinski definition) is 10. The maximum absolute atomic E-state index is 12.7. The van der Waals surface area contributed by atoms with E-state index in [1.54, 1.807) is 0 Å². The zero-order valence-electron chi connectivity index (χ0n) is 21.3. The Morgan fingerprint density at radius 3 is 2.27 bits per heavy atom. The van der Waals surface area contributed by atoms with Crippen LogP contribution in [-0.2, 0) is 14.6 Å². The molecule has 1 aromatic heterocycles. The average Bonchev–Trinajstić information content (AvgIpc) is 3.06. The van der Waals surface area contributed by atoms with Crippen molar-refractivity contribution in [3.05, 3.63) is 40.7 Å². The summed E-state index contributed by atoms with van der Waals surface area (Å²) in [6.07, 6.45) is 5.45. The first-order valence-electron chi connectivity index (χ1n) is 12.1. The van der Waals surface area contributed by atoms with Crippen LogP contribution < -0.4 is 10.6 Å². The number of aromatic nitrogens is 2. The van der Waals surface area contributed by atoms with Crippen molar-refractivity contribution in [3.8, 4) is 0 Å². The Morgan fingerprint density at radius 1 is 1.14 bits per heavy atom. The molecule has 2 bridgehead atoms. The maximum Gasteiger partial charge on any atom is 0.410 e. The second-order valence-corrected chi connectivity index (χ2v) is 12.6. The normalized spacial score (nSPS) is 21.4. The molecule has 1 amide bonds. The quantitative estimate of drug-likeness (QED) is 0.392. The lowest BCUT2D eigenvalue weighted by atomic mass is 9.91. The van der Waals surface area contributed by atoms with Gasteiger partial charge in [0.1, 0.15) is 11.9 Å². The smallest absolute Gasteiger partial charge is 0.410 e. The van der Waals surface area contributed by atoms with Crippen molar-refractivity contribution in [2.45, 2.75) is 69.0 Å². The van der Waals surface area contributed by atoms with Gasteiger partial charge >= 0.3 is 11.8 Å². The lowest BCUT2D eigenvalue weighted by Crippen LogP contribution is -2.49. The van der Waals surface area contributed by atoms with E-state index in [0.29, 0.717) is 12.2 Å². The van der Waals surface area contributed by atoms with Crippen LogP contribution in [0.25, 0.3) is 0 Å². The molecule has 13 heteroatoms. The molecule has 0 radical (unpaired) electrons. The molecule has 0 saturated carbocycles. The molecule has 12 nitrogen and oxygen atoms in total. The molecule has 2 aliphatic rings. The topological polar surface area (TPSA) is 157 Å². The van der Waals surface area contributed by atoms with Gasteiger partial charge in [-0.25, -0.2) is 23.2 Å². The van der Waals surface area contributed by atoms with Gasteiger partial charge in [-0.15, -0.1) is 0 Å². The highest BCUT2D eigenvalue weighted by atomic mass is 32.2. The van der Waals surface area contributed by atoms with Crippen LogP contribution >= 0.6 is 0 Å². The van der Waals surface area contributed by atoms with Crippen molar-refractivity contribution < 1.29 is 22.9 Å². The van der Waals surface area contributed by atoms with Crippen LogP contribution in [0.1, 0.15) is 46.5 Å². The van der Waals surface area contributed by atoms with Gasteiger partial charge in [-0.1, -0.05) is 0 Å². The summed E-state index contributed by atoms with van der Waals surface area (Å²) < 4.78 is 29.0. The van der Waals surface area contributed by atoms with E-state index in [-0.39, 0.29) is 46.3 Å². The number of piperidine rings is 1. The van der Waals surface area contributed by atoms with Crippen LogP contribution in [0, 0.1) is 16.0 Å². The first kappa shape index (κ1) is 26.6. The summed E-state index contributed by atoms with van der Waals surface area (Å²) in [7, 11) is -3.36. The van der Waals surface area contributed by atoms with Gasteiger partial charge in [0.15, 0.2) is 9.84 Å². The Bertz CT molecular complexity index is 1260. The molecular weight excluding hydrogens is 500 g/mol. The summed E-state index contributed by atoms with van der Waals surface area (Å²) in [6.45, 7) is 6.03. The number of sulfone groups is 1. The number of nitro groups is 1. The van der Waals surface area contributed by atoms with Crippen LogP contribution in [0.5, 0.6) is 0 Å². The minimum Gasteiger partial charge on any atom is -0.444 e. The second kappa shape index (κ2) is 10.1. The summed E-state index contributed by atoms with van der Waals surface area (Å²) >= 11 is 0. The predicted molar refractivity (Wildman–Crippen MR) is 138 cm³/mol. The van der Waals surface area contributed by atoms with Crippen molar-refractivity contribution in [2.24, 2.45) is 5.92 Å². The standard InChI is InChI=1S/C24H32N6O6S/c1-24(2,3)36-23(31)29-17-7-8-18(29)12-15(11-17)13-25-21-20(30(32)33)22(27-14-26-21)28-16-5-9-19(10-6-16)37(4,34)35/h5-6,9-10,14-15,17-18H,7-8,11-13H2,1-4H3,(H2,25,26,27,28). The van der Waals surface area contributed by atoms with Gasteiger partial charge in [-0.2, -0.15) is 0 Å². The lowest BCUT2D eigenvalue weighted by Gasteiger charge is -2.39. The average molecular weight is 533 g/mol. The summed E-state index contributed by atoms with van der Waals surface area (Å²) in [4.78, 5) is 34.2. The molecule has 1 aromatic carbocycles. The number of anilines is 3. The van der Waals surface area contributed by atoms with E-state index < -0.39 is 20.4 Å². The fraction of sp³-hybridized carbons (Fsp3) is 0.542. The predicted octanol–water partition coefficient (Wildman–Crippen LogP) is 4.12. The summed E-state index contributed by atoms with van der Waals surface area (Å²) in [6, 6.07) is 6.05. The van der Waals surface area contributed by atoms with E-state index in [1.165, 1.54) is 30.6 Å². The van der Waals surface area contributed by atoms with Gasteiger partial charge in [-0.3, -0.25) is 10.1 Å². The molecule has 2 aromatic rings. The Hall–Kier alpha value is -3.48. The molecule has 200 valence electrons. The van der Waals surface area contributed by atoms with Crippen molar-refractivity contribution in [2.75, 3.05) is 23.4 Å². The fourth-order valence-electron chi connectivity index (χ4n) is 5.00. The summed E-state index contributed by atoms with van der Waals surface area (Å²) in [5, 5.41) is 17.9. The van der Waals surface area contributed by atoms with Crippen molar-refractivity contribution in [1.29, 1.82) is 0 Å². The Labute approximate surface area is 215 Å². The number of nitrogens with zero attached hydrogens (tertiary/aromatic N) is 4. The van der Waals surface area contributed by atoms with Crippen LogP contribution in [0.4, 0.5) is 27.8 Å². The Balaban J connectivity index is 1.44. The molecule has 0 aliphatic carbocycles. The number of carbonyl (C=O) groups excluding carboxylic acids is 1. The molecule has 2 N–H and O–H groups in total. The van der Waals surface area contributed by atoms with E-state index in [2.05, 4.69) is 20.6 Å². The number of benzene rings is 1. The molecule has 4 rings (SSSR count). The highest BCUT2D eigenvalue weighted by Gasteiger charge is 2.44. The lowest BCUT2D eigenvalue weighted by molar-refractivity contribution is -0.383. The van der Waals surface area contributed by atoms with Crippen molar-refractivity contribution in [3.63, 3.8) is 0 Å². The van der Waals surface area contributed by atoms with Gasteiger partial charge in [-0.05, 0) is 76.6 Å². The molecule has 2 unspecified atom stereocenters. The largest absolute Gasteiger partial charge is 0.444 e. The molecule has 37 heavy (non-hydrogen) atoms. The molecule has 2 aliphatic heterocycles. The summed E-state index contributed by atoms with van der Waals surface area (Å²) in [5.74, 6) is 0.303. The minimum atomic E-state index is -3.36. The van der Waals surface area contributed by atoms with Gasteiger partial charge in [0.05, 0.1) is 9.82 Å². The first-order valence-corrected chi connectivity index (χ1v) is 14.0. The molecular formula is C24H32N6O6S. The number of rotatable bonds is 7. The number of carbonyl (C=O) groups is 1. The molecule has 0 spiro atoms. The molecule has 2 fully saturated rings. The first-order chi connectivity index (χ1) is 17.3. The third kappa shape index (κ3) is 6.27. The Morgan fingerprint density at radius 2 is 1.73 bits per heavy atom. The zero-order chi connectivity index (χ0) is 27.0. The van der Waals surface area contributed by atoms with E-state index >= 15 is 0 Å². The molecule has 2 saturated heterocycles. The van der Waals surface area contributed by atoms with Gasteiger partial charge < -0.3 is 20.3 Å². The highest BCUT2D eigenvalue weighted by molar-refractivity contribution is 7.90. The van der Waals surface area contributed by atoms with Crippen LogP contribution in [-0.4, -0.2) is 64.8 Å². The summed E-state index contributed by atoms with van der Waals surface area (Å²) in [5.41, 5.74) is -0.405. The van der Waals surface area contributed by atoms with Gasteiger partial charge in [0.2, 0.25) is 11.6 Å². The highest BCUT2D eigenvalue weighted by Crippen LogP contribution is 2.40. The van der Waals surface area contributed by atoms with Crippen LogP contribution in [0.3, 0.4) is 0 Å². The van der Waals surface area contributed by atoms with E-state index in [9.17, 15) is 23.3 Å². The van der Waals surface area contributed by atoms with E-state index in [4.69, 9.17) is 4.74 Å². The monoisotopic (exact) mass is 532 g/mol. The fourth-order valence-corrected chi connectivity index (χ4v) is 5.64. The molecule has 2 atom stereocenters. The van der Waals surface area contributed by atoms with E-state index in [1.807, 2.05) is 25.7 Å². The minimum absolute atomic E-state index is 0.00517. The third-order valence-corrected chi connectivity index (χ3v) is 7.67. The Kier molecular flexibility index (Phi) is 7.27. The number of ether oxygens (including phenoxy) is 1. The van der Waals surface area contributed by atoms with Crippen LogP contribution in [0.2, 0.25) is 0 Å². The number of fused-ring (bicyclic) bond motifs is 2. The third-order valence-electron chi connectivity index (χ3n) is 6.54. The van der Waals surface area contributed by atoms with Crippen LogP contribution in [0.15, 0.2) is 35.5 Å². The SMILES string of the molecule is CC(C)(C)OC(=O)N1C2CCC1CC(CNc1ncnc(Nc3ccc(S(C)(=O)=O)cc3)c1[N+](=O)[O-])C2. The maximum atomic E-state index is 12.7. The van der Waals surface area contributed by atoms with Gasteiger partial charge in [0, 0.05) is 30.6 Å². The molecule has 3 heterocycles.